The van der Waals surface area contributed by atoms with Crippen LogP contribution in [0.1, 0.15) is 48.5 Å². The van der Waals surface area contributed by atoms with Crippen molar-refractivity contribution >= 4 is 5.91 Å². The number of amides is 1. The van der Waals surface area contributed by atoms with E-state index in [2.05, 4.69) is 38.1 Å². The first-order chi connectivity index (χ1) is 10.1. The van der Waals surface area contributed by atoms with Crippen molar-refractivity contribution < 1.29 is 4.79 Å². The molecular weight excluding hydrogens is 260 g/mol. The van der Waals surface area contributed by atoms with Crippen molar-refractivity contribution in [1.82, 2.24) is 9.80 Å². The quantitative estimate of drug-likeness (QED) is 0.849. The lowest BCUT2D eigenvalue weighted by molar-refractivity contribution is 0.0758. The maximum Gasteiger partial charge on any atom is 0.253 e. The molecule has 1 aromatic rings. The Morgan fingerprint density at radius 2 is 1.90 bits per heavy atom. The molecule has 0 spiro atoms. The first kappa shape index (κ1) is 16.0. The van der Waals surface area contributed by atoms with E-state index in [0.717, 1.165) is 44.3 Å². The molecule has 1 aliphatic rings. The van der Waals surface area contributed by atoms with E-state index in [1.54, 1.807) is 0 Å². The van der Waals surface area contributed by atoms with Gasteiger partial charge < -0.3 is 9.80 Å². The second-order valence-corrected chi connectivity index (χ2v) is 6.29. The van der Waals surface area contributed by atoms with Crippen LogP contribution in [0.5, 0.6) is 0 Å². The predicted octanol–water partition coefficient (Wildman–Crippen LogP) is 3.20. The molecule has 0 N–H and O–H groups in total. The van der Waals surface area contributed by atoms with E-state index in [1.165, 1.54) is 12.0 Å². The van der Waals surface area contributed by atoms with Crippen LogP contribution >= 0.6 is 0 Å². The largest absolute Gasteiger partial charge is 0.339 e. The Morgan fingerprint density at radius 3 is 2.52 bits per heavy atom. The fourth-order valence-electron chi connectivity index (χ4n) is 3.08. The third kappa shape index (κ3) is 4.31. The van der Waals surface area contributed by atoms with Crippen molar-refractivity contribution in [3.63, 3.8) is 0 Å². The van der Waals surface area contributed by atoms with E-state index in [-0.39, 0.29) is 5.91 Å². The zero-order valence-corrected chi connectivity index (χ0v) is 13.6. The van der Waals surface area contributed by atoms with Crippen molar-refractivity contribution in [1.29, 1.82) is 0 Å². The smallest absolute Gasteiger partial charge is 0.253 e. The van der Waals surface area contributed by atoms with Gasteiger partial charge in [0.25, 0.3) is 5.91 Å². The van der Waals surface area contributed by atoms with Gasteiger partial charge in [-0.15, -0.1) is 0 Å². The molecule has 1 saturated heterocycles. The number of hydrogen-bond donors (Lipinski definition) is 0. The van der Waals surface area contributed by atoms with Gasteiger partial charge in [-0.1, -0.05) is 25.5 Å². The van der Waals surface area contributed by atoms with Crippen LogP contribution in [-0.4, -0.2) is 48.9 Å². The molecule has 0 aliphatic carbocycles. The lowest BCUT2D eigenvalue weighted by atomic mass is 10.1. The van der Waals surface area contributed by atoms with Crippen LogP contribution in [0.15, 0.2) is 24.3 Å². The van der Waals surface area contributed by atoms with Crippen LogP contribution in [0.3, 0.4) is 0 Å². The molecule has 0 bridgehead atoms. The number of rotatable bonds is 4. The van der Waals surface area contributed by atoms with E-state index in [9.17, 15) is 4.79 Å². The summed E-state index contributed by atoms with van der Waals surface area (Å²) in [6.07, 6.45) is 5.59. The highest BCUT2D eigenvalue weighted by Gasteiger charge is 2.22. The summed E-state index contributed by atoms with van der Waals surface area (Å²) in [5.41, 5.74) is 2.15. The van der Waals surface area contributed by atoms with Gasteiger partial charge in [-0.2, -0.15) is 0 Å². The van der Waals surface area contributed by atoms with Crippen molar-refractivity contribution in [3.05, 3.63) is 35.4 Å². The summed E-state index contributed by atoms with van der Waals surface area (Å²) in [6, 6.07) is 8.77. The topological polar surface area (TPSA) is 23.6 Å². The number of aryl methyl sites for hydroxylation is 1. The Bertz CT molecular complexity index is 453. The predicted molar refractivity (Wildman–Crippen MR) is 87.7 cm³/mol. The maximum atomic E-state index is 12.6. The Hall–Kier alpha value is -1.35. The van der Waals surface area contributed by atoms with Crippen molar-refractivity contribution in [3.8, 4) is 0 Å². The van der Waals surface area contributed by atoms with Gasteiger partial charge in [-0.25, -0.2) is 0 Å². The molecule has 3 heteroatoms. The molecule has 1 aromatic carbocycles. The number of benzene rings is 1. The number of carbonyl (C=O) groups is 1. The summed E-state index contributed by atoms with van der Waals surface area (Å²) in [7, 11) is 4.27. The lowest BCUT2D eigenvalue weighted by Gasteiger charge is -2.23. The first-order valence-corrected chi connectivity index (χ1v) is 8.16. The Morgan fingerprint density at radius 1 is 1.19 bits per heavy atom. The molecular formula is C18H28N2O. The second kappa shape index (κ2) is 7.60. The Balaban J connectivity index is 1.99. The van der Waals surface area contributed by atoms with Gasteiger partial charge in [-0.05, 0) is 57.5 Å². The molecule has 0 aromatic heterocycles. The molecule has 1 unspecified atom stereocenters. The van der Waals surface area contributed by atoms with Gasteiger partial charge in [0, 0.05) is 24.7 Å². The molecule has 1 heterocycles. The standard InChI is InChI=1S/C18H28N2O/c1-4-6-15-8-10-16(11-9-15)18(21)20-13-5-7-17(12-14-20)19(2)3/h8-11,17H,4-7,12-14H2,1-3H3. The molecule has 0 saturated carbocycles. The maximum absolute atomic E-state index is 12.6. The van der Waals surface area contributed by atoms with Crippen LogP contribution in [0.4, 0.5) is 0 Å². The van der Waals surface area contributed by atoms with Crippen molar-refractivity contribution in [2.75, 3.05) is 27.2 Å². The van der Waals surface area contributed by atoms with Gasteiger partial charge in [0.05, 0.1) is 0 Å². The van der Waals surface area contributed by atoms with Crippen LogP contribution in [0.2, 0.25) is 0 Å². The molecule has 3 nitrogen and oxygen atoms in total. The normalized spacial score (nSPS) is 19.6. The van der Waals surface area contributed by atoms with Crippen molar-refractivity contribution in [2.45, 2.75) is 45.1 Å². The average molecular weight is 288 g/mol. The number of nitrogens with zero attached hydrogens (tertiary/aromatic N) is 2. The molecule has 1 aliphatic heterocycles. The third-order valence-corrected chi connectivity index (χ3v) is 4.45. The van der Waals surface area contributed by atoms with Gasteiger partial charge in [0.1, 0.15) is 0 Å². The number of hydrogen-bond acceptors (Lipinski definition) is 2. The van der Waals surface area contributed by atoms with Gasteiger partial charge in [0.15, 0.2) is 0 Å². The van der Waals surface area contributed by atoms with E-state index in [0.29, 0.717) is 6.04 Å². The molecule has 0 radical (unpaired) electrons. The zero-order chi connectivity index (χ0) is 15.2. The first-order valence-electron chi connectivity index (χ1n) is 8.16. The Kier molecular flexibility index (Phi) is 5.80. The highest BCUT2D eigenvalue weighted by molar-refractivity contribution is 5.94. The third-order valence-electron chi connectivity index (χ3n) is 4.45. The number of likely N-dealkylation sites (tertiary alicyclic amines) is 1. The van der Waals surface area contributed by atoms with Crippen LogP contribution in [0.25, 0.3) is 0 Å². The molecule has 1 fully saturated rings. The van der Waals surface area contributed by atoms with Crippen LogP contribution in [0, 0.1) is 0 Å². The fourth-order valence-corrected chi connectivity index (χ4v) is 3.08. The van der Waals surface area contributed by atoms with E-state index in [4.69, 9.17) is 0 Å². The highest BCUT2D eigenvalue weighted by Crippen LogP contribution is 2.17. The summed E-state index contributed by atoms with van der Waals surface area (Å²) in [5, 5.41) is 0. The van der Waals surface area contributed by atoms with Gasteiger partial charge >= 0.3 is 0 Å². The van der Waals surface area contributed by atoms with Crippen LogP contribution < -0.4 is 0 Å². The molecule has 116 valence electrons. The fraction of sp³-hybridized carbons (Fsp3) is 0.611. The number of carbonyl (C=O) groups excluding carboxylic acids is 1. The summed E-state index contributed by atoms with van der Waals surface area (Å²) in [5.74, 6) is 0.192. The minimum Gasteiger partial charge on any atom is -0.339 e. The minimum absolute atomic E-state index is 0.192. The summed E-state index contributed by atoms with van der Waals surface area (Å²) < 4.78 is 0. The monoisotopic (exact) mass is 288 g/mol. The highest BCUT2D eigenvalue weighted by atomic mass is 16.2. The van der Waals surface area contributed by atoms with Gasteiger partial charge in [-0.3, -0.25) is 4.79 Å². The van der Waals surface area contributed by atoms with E-state index < -0.39 is 0 Å². The summed E-state index contributed by atoms with van der Waals surface area (Å²) in [6.45, 7) is 3.94. The van der Waals surface area contributed by atoms with E-state index in [1.807, 2.05) is 17.0 Å². The van der Waals surface area contributed by atoms with Gasteiger partial charge in [0.2, 0.25) is 0 Å². The average Bonchev–Trinajstić information content (AvgIpc) is 2.73. The Labute approximate surface area is 128 Å². The SMILES string of the molecule is CCCc1ccc(C(=O)N2CCCC(N(C)C)CC2)cc1. The minimum atomic E-state index is 0.192. The molecule has 1 amide bonds. The second-order valence-electron chi connectivity index (χ2n) is 6.29. The molecule has 1 atom stereocenters. The molecule has 21 heavy (non-hydrogen) atoms. The summed E-state index contributed by atoms with van der Waals surface area (Å²) in [4.78, 5) is 16.9. The summed E-state index contributed by atoms with van der Waals surface area (Å²) >= 11 is 0. The van der Waals surface area contributed by atoms with Crippen molar-refractivity contribution in [2.24, 2.45) is 0 Å². The lowest BCUT2D eigenvalue weighted by Crippen LogP contribution is -2.33. The van der Waals surface area contributed by atoms with Crippen LogP contribution in [-0.2, 0) is 6.42 Å². The molecule has 2 rings (SSSR count). The van der Waals surface area contributed by atoms with E-state index >= 15 is 0 Å². The zero-order valence-electron chi connectivity index (χ0n) is 13.6.